The maximum Gasteiger partial charge on any atom is 0.254 e. The van der Waals surface area contributed by atoms with Crippen LogP contribution in [0.25, 0.3) is 22.5 Å². The van der Waals surface area contributed by atoms with Crippen LogP contribution in [0.15, 0.2) is 83.9 Å². The number of nitrogen functional groups attached to an aromatic ring is 1. The van der Waals surface area contributed by atoms with Gasteiger partial charge in [-0.25, -0.2) is 4.99 Å². The minimum Gasteiger partial charge on any atom is -0.368 e. The third-order valence-electron chi connectivity index (χ3n) is 4.30. The van der Waals surface area contributed by atoms with Crippen molar-refractivity contribution in [2.75, 3.05) is 5.73 Å². The van der Waals surface area contributed by atoms with Crippen LogP contribution in [0.2, 0.25) is 0 Å². The number of anilines is 1. The van der Waals surface area contributed by atoms with Crippen molar-refractivity contribution >= 4 is 18.1 Å². The topological polar surface area (TPSA) is 77.0 Å². The van der Waals surface area contributed by atoms with Crippen LogP contribution in [0.3, 0.4) is 0 Å². The molecule has 5 nitrogen and oxygen atoms in total. The lowest BCUT2D eigenvalue weighted by Crippen LogP contribution is -1.99. The molecule has 0 fully saturated rings. The number of hydrogen-bond acceptors (Lipinski definition) is 5. The third-order valence-corrected chi connectivity index (χ3v) is 4.30. The quantitative estimate of drug-likeness (QED) is 0.525. The van der Waals surface area contributed by atoms with Gasteiger partial charge in [0.1, 0.15) is 0 Å². The lowest BCUT2D eigenvalue weighted by molar-refractivity contribution is 1.06. The van der Waals surface area contributed by atoms with Crippen molar-refractivity contribution in [3.8, 4) is 22.5 Å². The normalized spacial score (nSPS) is 11.0. The molecule has 0 amide bonds. The second-order valence-corrected chi connectivity index (χ2v) is 6.43. The van der Waals surface area contributed by atoms with Crippen molar-refractivity contribution in [3.05, 3.63) is 90.0 Å². The monoisotopic (exact) mass is 365 g/mol. The van der Waals surface area contributed by atoms with Crippen LogP contribution >= 0.6 is 0 Å². The Balaban J connectivity index is 1.56. The van der Waals surface area contributed by atoms with Crippen molar-refractivity contribution in [1.29, 1.82) is 0 Å². The van der Waals surface area contributed by atoms with Crippen molar-refractivity contribution in [2.24, 2.45) is 4.99 Å². The summed E-state index contributed by atoms with van der Waals surface area (Å²) in [4.78, 5) is 17.1. The first kappa shape index (κ1) is 17.5. The molecule has 0 bridgehead atoms. The molecule has 3 aromatic carbocycles. The molecule has 0 aliphatic heterocycles. The summed E-state index contributed by atoms with van der Waals surface area (Å²) >= 11 is 0. The molecule has 28 heavy (non-hydrogen) atoms. The number of aliphatic imine (C=N–C) groups is 1. The number of nitrogens with two attached hydrogens (primary N) is 1. The Morgan fingerprint density at radius 3 is 2.04 bits per heavy atom. The molecule has 0 aliphatic rings. The van der Waals surface area contributed by atoms with Gasteiger partial charge in [0.05, 0.1) is 0 Å². The van der Waals surface area contributed by atoms with E-state index in [1.54, 1.807) is 6.21 Å². The largest absolute Gasteiger partial charge is 0.368 e. The van der Waals surface area contributed by atoms with Crippen molar-refractivity contribution < 1.29 is 0 Å². The van der Waals surface area contributed by atoms with Gasteiger partial charge in [0.15, 0.2) is 5.82 Å². The smallest absolute Gasteiger partial charge is 0.254 e. The second kappa shape index (κ2) is 7.80. The average molecular weight is 365 g/mol. The Morgan fingerprint density at radius 1 is 0.714 bits per heavy atom. The number of hydrogen-bond donors (Lipinski definition) is 1. The maximum absolute atomic E-state index is 5.82. The summed E-state index contributed by atoms with van der Waals surface area (Å²) < 4.78 is 0. The summed E-state index contributed by atoms with van der Waals surface area (Å²) in [6.07, 6.45) is 1.72. The summed E-state index contributed by atoms with van der Waals surface area (Å²) in [6, 6.07) is 26.3. The molecule has 5 heteroatoms. The van der Waals surface area contributed by atoms with E-state index in [4.69, 9.17) is 5.73 Å². The van der Waals surface area contributed by atoms with Gasteiger partial charge in [0.25, 0.3) is 5.95 Å². The number of aromatic nitrogens is 3. The Morgan fingerprint density at radius 2 is 1.36 bits per heavy atom. The molecule has 136 valence electrons. The SMILES string of the molecule is Cc1ccc(-c2ccc(C=Nc3nc(N)nc(-c4ccccc4)n3)cc2)cc1. The van der Waals surface area contributed by atoms with E-state index in [-0.39, 0.29) is 11.9 Å². The lowest BCUT2D eigenvalue weighted by Gasteiger charge is -2.03. The predicted octanol–water partition coefficient (Wildman–Crippen LogP) is 4.85. The van der Waals surface area contributed by atoms with Crippen LogP contribution in [0.4, 0.5) is 11.9 Å². The molecule has 2 N–H and O–H groups in total. The average Bonchev–Trinajstić information content (AvgIpc) is 2.73. The van der Waals surface area contributed by atoms with Gasteiger partial charge in [-0.05, 0) is 23.6 Å². The zero-order chi connectivity index (χ0) is 19.3. The number of aryl methyl sites for hydroxylation is 1. The molecule has 1 heterocycles. The van der Waals surface area contributed by atoms with Gasteiger partial charge in [-0.15, -0.1) is 0 Å². The Bertz CT molecular complexity index is 1100. The highest BCUT2D eigenvalue weighted by Gasteiger charge is 2.05. The number of nitrogens with zero attached hydrogens (tertiary/aromatic N) is 4. The van der Waals surface area contributed by atoms with E-state index in [1.807, 2.05) is 42.5 Å². The summed E-state index contributed by atoms with van der Waals surface area (Å²) in [5, 5.41) is 0. The first-order valence-corrected chi connectivity index (χ1v) is 8.95. The maximum atomic E-state index is 5.82. The molecular weight excluding hydrogens is 346 g/mol. The summed E-state index contributed by atoms with van der Waals surface area (Å²) in [7, 11) is 0. The third kappa shape index (κ3) is 4.10. The van der Waals surface area contributed by atoms with Gasteiger partial charge in [-0.1, -0.05) is 84.4 Å². The van der Waals surface area contributed by atoms with E-state index in [1.165, 1.54) is 11.1 Å². The van der Waals surface area contributed by atoms with E-state index in [9.17, 15) is 0 Å². The minimum absolute atomic E-state index is 0.149. The van der Waals surface area contributed by atoms with Crippen LogP contribution in [0, 0.1) is 6.92 Å². The molecule has 4 rings (SSSR count). The molecule has 0 saturated heterocycles. The van der Waals surface area contributed by atoms with Crippen molar-refractivity contribution in [2.45, 2.75) is 6.92 Å². The number of rotatable bonds is 4. The van der Waals surface area contributed by atoms with Gasteiger partial charge >= 0.3 is 0 Å². The molecule has 4 aromatic rings. The fourth-order valence-corrected chi connectivity index (χ4v) is 2.79. The molecular formula is C23H19N5. The second-order valence-electron chi connectivity index (χ2n) is 6.43. The Hall–Kier alpha value is -3.86. The van der Waals surface area contributed by atoms with E-state index in [0.717, 1.165) is 16.7 Å². The highest BCUT2D eigenvalue weighted by Crippen LogP contribution is 2.21. The molecule has 0 unspecified atom stereocenters. The standard InChI is InChI=1S/C23H19N5/c1-16-7-11-18(12-8-16)19-13-9-17(10-14-19)15-25-23-27-21(26-22(24)28-23)20-5-3-2-4-6-20/h2-15H,1H3,(H2,24,26,27,28). The van der Waals surface area contributed by atoms with Crippen LogP contribution in [-0.4, -0.2) is 21.2 Å². The van der Waals surface area contributed by atoms with E-state index >= 15 is 0 Å². The van der Waals surface area contributed by atoms with Gasteiger partial charge in [0, 0.05) is 11.8 Å². The van der Waals surface area contributed by atoms with Crippen LogP contribution in [0.1, 0.15) is 11.1 Å². The Labute approximate surface area is 163 Å². The summed E-state index contributed by atoms with van der Waals surface area (Å²) in [5.74, 6) is 0.944. The molecule has 0 aliphatic carbocycles. The fraction of sp³-hybridized carbons (Fsp3) is 0.0435. The van der Waals surface area contributed by atoms with Crippen LogP contribution in [0.5, 0.6) is 0 Å². The predicted molar refractivity (Wildman–Crippen MR) is 114 cm³/mol. The summed E-state index contributed by atoms with van der Waals surface area (Å²) in [5.41, 5.74) is 11.2. The molecule has 0 spiro atoms. The molecule has 1 aromatic heterocycles. The highest BCUT2D eigenvalue weighted by atomic mass is 15.2. The minimum atomic E-state index is 0.149. The van der Waals surface area contributed by atoms with Gasteiger partial charge in [-0.2, -0.15) is 15.0 Å². The number of benzene rings is 3. The van der Waals surface area contributed by atoms with Crippen LogP contribution < -0.4 is 5.73 Å². The van der Waals surface area contributed by atoms with Gasteiger partial charge < -0.3 is 5.73 Å². The van der Waals surface area contributed by atoms with E-state index in [0.29, 0.717) is 5.82 Å². The first-order valence-electron chi connectivity index (χ1n) is 8.95. The first-order chi connectivity index (χ1) is 13.7. The fourth-order valence-electron chi connectivity index (χ4n) is 2.79. The summed E-state index contributed by atoms with van der Waals surface area (Å²) in [6.45, 7) is 2.08. The van der Waals surface area contributed by atoms with Crippen molar-refractivity contribution in [1.82, 2.24) is 15.0 Å². The van der Waals surface area contributed by atoms with E-state index < -0.39 is 0 Å². The Kier molecular flexibility index (Phi) is 4.89. The molecule has 0 atom stereocenters. The van der Waals surface area contributed by atoms with Gasteiger partial charge in [0.2, 0.25) is 5.95 Å². The highest BCUT2D eigenvalue weighted by molar-refractivity contribution is 5.82. The zero-order valence-electron chi connectivity index (χ0n) is 15.4. The lowest BCUT2D eigenvalue weighted by atomic mass is 10.0. The zero-order valence-corrected chi connectivity index (χ0v) is 15.4. The molecule has 0 saturated carbocycles. The van der Waals surface area contributed by atoms with Crippen molar-refractivity contribution in [3.63, 3.8) is 0 Å². The van der Waals surface area contributed by atoms with E-state index in [2.05, 4.69) is 63.3 Å². The van der Waals surface area contributed by atoms with Gasteiger partial charge in [-0.3, -0.25) is 0 Å². The molecule has 0 radical (unpaired) electrons. The van der Waals surface area contributed by atoms with Crippen LogP contribution in [-0.2, 0) is 0 Å².